The standard InChI is InChI=1S/C14H23BrO2/c1-5-17-12-8-11(14(2,3)4)7-6-10(9-15)13(12)16/h8,10,16H,5-7,9H2,1-4H3. The van der Waals surface area contributed by atoms with Crippen LogP contribution < -0.4 is 0 Å². The molecule has 1 aliphatic rings. The van der Waals surface area contributed by atoms with Crippen LogP contribution in [0.3, 0.4) is 0 Å². The second kappa shape index (κ2) is 5.94. The highest BCUT2D eigenvalue weighted by molar-refractivity contribution is 9.09. The van der Waals surface area contributed by atoms with Crippen molar-refractivity contribution in [2.45, 2.75) is 40.5 Å². The lowest BCUT2D eigenvalue weighted by molar-refractivity contribution is 0.205. The van der Waals surface area contributed by atoms with E-state index in [-0.39, 0.29) is 11.3 Å². The molecule has 0 aromatic heterocycles. The minimum Gasteiger partial charge on any atom is -0.508 e. The first-order valence-corrected chi connectivity index (χ1v) is 7.35. The van der Waals surface area contributed by atoms with Gasteiger partial charge in [-0.25, -0.2) is 0 Å². The summed E-state index contributed by atoms with van der Waals surface area (Å²) < 4.78 is 5.56. The highest BCUT2D eigenvalue weighted by Gasteiger charge is 2.26. The van der Waals surface area contributed by atoms with Crippen molar-refractivity contribution >= 4 is 15.9 Å². The molecule has 1 rings (SSSR count). The van der Waals surface area contributed by atoms with Crippen LogP contribution in [0, 0.1) is 11.3 Å². The number of ether oxygens (including phenoxy) is 1. The molecule has 1 atom stereocenters. The molecule has 3 heteroatoms. The van der Waals surface area contributed by atoms with E-state index in [0.29, 0.717) is 18.1 Å². The first-order chi connectivity index (χ1) is 7.90. The van der Waals surface area contributed by atoms with E-state index in [2.05, 4.69) is 36.7 Å². The Hall–Kier alpha value is -0.440. The van der Waals surface area contributed by atoms with E-state index < -0.39 is 0 Å². The summed E-state index contributed by atoms with van der Waals surface area (Å²) in [7, 11) is 0. The predicted molar refractivity (Wildman–Crippen MR) is 75.3 cm³/mol. The van der Waals surface area contributed by atoms with Gasteiger partial charge in [-0.15, -0.1) is 0 Å². The van der Waals surface area contributed by atoms with Gasteiger partial charge in [0, 0.05) is 11.2 Å². The van der Waals surface area contributed by atoms with E-state index in [1.807, 2.05) is 13.0 Å². The molecule has 0 saturated heterocycles. The minimum atomic E-state index is 0.129. The van der Waals surface area contributed by atoms with Gasteiger partial charge in [-0.1, -0.05) is 42.3 Å². The number of halogens is 1. The summed E-state index contributed by atoms with van der Waals surface area (Å²) >= 11 is 3.46. The zero-order chi connectivity index (χ0) is 13.1. The maximum Gasteiger partial charge on any atom is 0.156 e. The molecule has 0 aliphatic heterocycles. The van der Waals surface area contributed by atoms with Crippen molar-refractivity contribution in [2.24, 2.45) is 11.3 Å². The molecule has 1 unspecified atom stereocenters. The maximum absolute atomic E-state index is 10.2. The average Bonchev–Trinajstić information content (AvgIpc) is 2.39. The normalized spacial score (nSPS) is 22.2. The topological polar surface area (TPSA) is 29.5 Å². The zero-order valence-corrected chi connectivity index (χ0v) is 12.8. The number of hydrogen-bond acceptors (Lipinski definition) is 2. The van der Waals surface area contributed by atoms with Crippen molar-refractivity contribution in [1.29, 1.82) is 0 Å². The molecule has 1 aliphatic carbocycles. The molecule has 0 aromatic carbocycles. The Labute approximate surface area is 113 Å². The molecule has 17 heavy (non-hydrogen) atoms. The number of hydrogen-bond donors (Lipinski definition) is 1. The fourth-order valence-electron chi connectivity index (χ4n) is 1.98. The van der Waals surface area contributed by atoms with E-state index in [9.17, 15) is 5.11 Å². The SMILES string of the molecule is CCOC1=C(O)C(CBr)CCC(C(C)(C)C)=C1. The van der Waals surface area contributed by atoms with Crippen molar-refractivity contribution in [3.63, 3.8) is 0 Å². The average molecular weight is 303 g/mol. The lowest BCUT2D eigenvalue weighted by Crippen LogP contribution is -2.10. The fourth-order valence-corrected chi connectivity index (χ4v) is 2.62. The number of aliphatic hydroxyl groups excluding tert-OH is 1. The highest BCUT2D eigenvalue weighted by Crippen LogP contribution is 2.36. The first-order valence-electron chi connectivity index (χ1n) is 6.23. The predicted octanol–water partition coefficient (Wildman–Crippen LogP) is 4.57. The van der Waals surface area contributed by atoms with Crippen LogP contribution in [-0.2, 0) is 4.74 Å². The van der Waals surface area contributed by atoms with Crippen LogP contribution in [-0.4, -0.2) is 17.0 Å². The Morgan fingerprint density at radius 1 is 1.47 bits per heavy atom. The van der Waals surface area contributed by atoms with Crippen LogP contribution >= 0.6 is 15.9 Å². The van der Waals surface area contributed by atoms with Crippen LogP contribution in [0.5, 0.6) is 0 Å². The Morgan fingerprint density at radius 2 is 2.12 bits per heavy atom. The molecule has 0 amide bonds. The summed E-state index contributed by atoms with van der Waals surface area (Å²) in [6.45, 7) is 9.14. The molecule has 1 N–H and O–H groups in total. The van der Waals surface area contributed by atoms with Gasteiger partial charge in [0.25, 0.3) is 0 Å². The molecule has 0 aromatic rings. The van der Waals surface area contributed by atoms with E-state index in [4.69, 9.17) is 4.74 Å². The molecular formula is C14H23BrO2. The van der Waals surface area contributed by atoms with E-state index in [1.165, 1.54) is 5.57 Å². The molecule has 0 bridgehead atoms. The van der Waals surface area contributed by atoms with E-state index in [1.54, 1.807) is 0 Å². The van der Waals surface area contributed by atoms with Gasteiger partial charge < -0.3 is 9.84 Å². The van der Waals surface area contributed by atoms with Gasteiger partial charge in [0.15, 0.2) is 5.76 Å². The third kappa shape index (κ3) is 3.77. The summed E-state index contributed by atoms with van der Waals surface area (Å²) in [6, 6.07) is 0. The second-order valence-corrected chi connectivity index (χ2v) is 6.14. The second-order valence-electron chi connectivity index (χ2n) is 5.49. The number of rotatable bonds is 3. The van der Waals surface area contributed by atoms with Gasteiger partial charge in [-0.3, -0.25) is 0 Å². The molecule has 0 heterocycles. The molecule has 0 saturated carbocycles. The van der Waals surface area contributed by atoms with Crippen LogP contribution in [0.4, 0.5) is 0 Å². The largest absolute Gasteiger partial charge is 0.508 e. The summed E-state index contributed by atoms with van der Waals surface area (Å²) in [6.07, 6.45) is 4.01. The third-order valence-electron chi connectivity index (χ3n) is 3.16. The van der Waals surface area contributed by atoms with E-state index >= 15 is 0 Å². The number of alkyl halides is 1. The molecule has 2 nitrogen and oxygen atoms in total. The van der Waals surface area contributed by atoms with Crippen molar-refractivity contribution in [2.75, 3.05) is 11.9 Å². The van der Waals surface area contributed by atoms with Crippen molar-refractivity contribution < 1.29 is 9.84 Å². The Balaban J connectivity index is 3.07. The Kier molecular flexibility index (Phi) is 5.11. The first kappa shape index (κ1) is 14.6. The minimum absolute atomic E-state index is 0.129. The lowest BCUT2D eigenvalue weighted by Gasteiger charge is -2.23. The number of aliphatic hydroxyl groups is 1. The third-order valence-corrected chi connectivity index (χ3v) is 3.94. The van der Waals surface area contributed by atoms with E-state index in [0.717, 1.165) is 18.2 Å². The smallest absolute Gasteiger partial charge is 0.156 e. The zero-order valence-electron chi connectivity index (χ0n) is 11.2. The van der Waals surface area contributed by atoms with Gasteiger partial charge in [0.2, 0.25) is 0 Å². The highest BCUT2D eigenvalue weighted by atomic mass is 79.9. The Morgan fingerprint density at radius 3 is 2.59 bits per heavy atom. The number of allylic oxidation sites excluding steroid dienone is 3. The summed E-state index contributed by atoms with van der Waals surface area (Å²) in [5, 5.41) is 11.0. The fraction of sp³-hybridized carbons (Fsp3) is 0.714. The Bertz CT molecular complexity index is 324. The van der Waals surface area contributed by atoms with Crippen molar-refractivity contribution in [3.05, 3.63) is 23.2 Å². The van der Waals surface area contributed by atoms with Crippen molar-refractivity contribution in [3.8, 4) is 0 Å². The summed E-state index contributed by atoms with van der Waals surface area (Å²) in [4.78, 5) is 0. The van der Waals surface area contributed by atoms with Crippen LogP contribution in [0.2, 0.25) is 0 Å². The summed E-state index contributed by atoms with van der Waals surface area (Å²) in [5.74, 6) is 1.20. The molecular weight excluding hydrogens is 280 g/mol. The van der Waals surface area contributed by atoms with Gasteiger partial charge in [0.1, 0.15) is 5.76 Å². The van der Waals surface area contributed by atoms with Crippen LogP contribution in [0.1, 0.15) is 40.5 Å². The maximum atomic E-state index is 10.2. The monoisotopic (exact) mass is 302 g/mol. The quantitative estimate of drug-likeness (QED) is 0.774. The molecule has 98 valence electrons. The van der Waals surface area contributed by atoms with Crippen LogP contribution in [0.25, 0.3) is 0 Å². The molecule has 0 spiro atoms. The summed E-state index contributed by atoms with van der Waals surface area (Å²) in [5.41, 5.74) is 1.47. The van der Waals surface area contributed by atoms with Crippen LogP contribution in [0.15, 0.2) is 23.2 Å². The van der Waals surface area contributed by atoms with Gasteiger partial charge in [-0.2, -0.15) is 0 Å². The molecule has 0 fully saturated rings. The van der Waals surface area contributed by atoms with Gasteiger partial charge in [-0.05, 0) is 31.3 Å². The van der Waals surface area contributed by atoms with Gasteiger partial charge in [0.05, 0.1) is 6.61 Å². The molecule has 0 radical (unpaired) electrons. The lowest BCUT2D eigenvalue weighted by atomic mass is 9.83. The van der Waals surface area contributed by atoms with Gasteiger partial charge >= 0.3 is 0 Å². The van der Waals surface area contributed by atoms with Crippen molar-refractivity contribution in [1.82, 2.24) is 0 Å².